The molecule has 0 amide bonds. The molecule has 3 unspecified atom stereocenters. The molecule has 5 rings (SSSR count). The molecule has 0 fully saturated rings. The molecule has 0 radical (unpaired) electrons. The highest BCUT2D eigenvalue weighted by atomic mass is 32.2. The molecule has 158 valence electrons. The summed E-state index contributed by atoms with van der Waals surface area (Å²) < 4.78 is 28.8. The third kappa shape index (κ3) is 3.30. The van der Waals surface area contributed by atoms with E-state index in [2.05, 4.69) is 17.4 Å². The maximum atomic E-state index is 12.0. The van der Waals surface area contributed by atoms with E-state index in [0.717, 1.165) is 23.2 Å². The van der Waals surface area contributed by atoms with Gasteiger partial charge in [-0.15, -0.1) is 0 Å². The molecule has 3 aromatic carbocycles. The summed E-state index contributed by atoms with van der Waals surface area (Å²) >= 11 is 0. The zero-order chi connectivity index (χ0) is 21.8. The Balaban J connectivity index is 1.62. The Morgan fingerprint density at radius 3 is 2.48 bits per heavy atom. The fourth-order valence-corrected chi connectivity index (χ4v) is 5.54. The number of anilines is 1. The smallest absolute Gasteiger partial charge is 0.337 e. The fraction of sp³-hybridized carbons (Fsp3) is 0.208. The minimum absolute atomic E-state index is 0.0110. The van der Waals surface area contributed by atoms with Gasteiger partial charge in [0.2, 0.25) is 10.0 Å². The molecule has 0 aromatic heterocycles. The SMILES string of the molecule is COC(=O)c1ccc(C2Nc3ccc(S(N)(=O)=O)cc3C3c4ccccc4CC23)cc1. The van der Waals surface area contributed by atoms with Crippen molar-refractivity contribution >= 4 is 21.7 Å². The summed E-state index contributed by atoms with van der Waals surface area (Å²) in [5.74, 6) is -0.112. The van der Waals surface area contributed by atoms with Crippen LogP contribution in [-0.4, -0.2) is 21.5 Å². The number of carbonyl (C=O) groups is 1. The standard InChI is InChI=1S/C24H22N2O4S/c1-30-24(27)15-8-6-14(7-9-15)23-20-12-16-4-2-3-5-18(16)22(20)19-13-17(31(25,28)29)10-11-21(19)26-23/h2-11,13,20,22-23,26H,12H2,1H3,(H2,25,28,29). The summed E-state index contributed by atoms with van der Waals surface area (Å²) in [5, 5.41) is 9.01. The van der Waals surface area contributed by atoms with Crippen molar-refractivity contribution < 1.29 is 17.9 Å². The maximum Gasteiger partial charge on any atom is 0.337 e. The number of sulfonamides is 1. The van der Waals surface area contributed by atoms with Crippen molar-refractivity contribution in [2.75, 3.05) is 12.4 Å². The Morgan fingerprint density at radius 2 is 1.77 bits per heavy atom. The summed E-state index contributed by atoms with van der Waals surface area (Å²) in [7, 11) is -2.43. The van der Waals surface area contributed by atoms with Crippen molar-refractivity contribution in [1.82, 2.24) is 0 Å². The molecule has 7 heteroatoms. The van der Waals surface area contributed by atoms with Crippen molar-refractivity contribution in [1.29, 1.82) is 0 Å². The monoisotopic (exact) mass is 434 g/mol. The van der Waals surface area contributed by atoms with E-state index in [-0.39, 0.29) is 28.7 Å². The average molecular weight is 435 g/mol. The molecule has 31 heavy (non-hydrogen) atoms. The molecular formula is C24H22N2O4S. The molecular weight excluding hydrogens is 412 g/mol. The van der Waals surface area contributed by atoms with E-state index in [9.17, 15) is 13.2 Å². The number of fused-ring (bicyclic) bond motifs is 5. The summed E-state index contributed by atoms with van der Waals surface area (Å²) in [6.45, 7) is 0. The van der Waals surface area contributed by atoms with Gasteiger partial charge < -0.3 is 10.1 Å². The van der Waals surface area contributed by atoms with E-state index in [1.165, 1.54) is 18.2 Å². The van der Waals surface area contributed by atoms with Gasteiger partial charge in [-0.1, -0.05) is 36.4 Å². The van der Waals surface area contributed by atoms with Crippen molar-refractivity contribution in [2.45, 2.75) is 23.3 Å². The van der Waals surface area contributed by atoms with Crippen molar-refractivity contribution in [3.8, 4) is 0 Å². The number of hydrogen-bond donors (Lipinski definition) is 2. The molecule has 6 nitrogen and oxygen atoms in total. The lowest BCUT2D eigenvalue weighted by Gasteiger charge is -2.38. The lowest BCUT2D eigenvalue weighted by atomic mass is 9.75. The number of benzene rings is 3. The Morgan fingerprint density at radius 1 is 1.03 bits per heavy atom. The van der Waals surface area contributed by atoms with Crippen molar-refractivity contribution in [2.24, 2.45) is 11.1 Å². The molecule has 0 bridgehead atoms. The van der Waals surface area contributed by atoms with Gasteiger partial charge >= 0.3 is 5.97 Å². The molecule has 1 aliphatic heterocycles. The van der Waals surface area contributed by atoms with Crippen LogP contribution in [0.25, 0.3) is 0 Å². The molecule has 1 aliphatic carbocycles. The highest BCUT2D eigenvalue weighted by Crippen LogP contribution is 2.54. The molecule has 2 aliphatic rings. The van der Waals surface area contributed by atoms with Crippen LogP contribution in [0.4, 0.5) is 5.69 Å². The number of rotatable bonds is 3. The van der Waals surface area contributed by atoms with Gasteiger partial charge in [0.15, 0.2) is 0 Å². The van der Waals surface area contributed by atoms with Crippen molar-refractivity contribution in [3.05, 3.63) is 94.5 Å². The Kier molecular flexibility index (Phi) is 4.60. The third-order valence-electron chi connectivity index (χ3n) is 6.39. The lowest BCUT2D eigenvalue weighted by molar-refractivity contribution is 0.0600. The minimum atomic E-state index is -3.80. The predicted molar refractivity (Wildman–Crippen MR) is 117 cm³/mol. The molecule has 3 atom stereocenters. The quantitative estimate of drug-likeness (QED) is 0.614. The van der Waals surface area contributed by atoms with E-state index < -0.39 is 10.0 Å². The van der Waals surface area contributed by atoms with Gasteiger partial charge in [0, 0.05) is 11.6 Å². The van der Waals surface area contributed by atoms with E-state index in [4.69, 9.17) is 9.88 Å². The molecule has 3 aromatic rings. The van der Waals surface area contributed by atoms with Gasteiger partial charge in [-0.3, -0.25) is 0 Å². The number of methoxy groups -OCH3 is 1. The Hall–Kier alpha value is -3.16. The number of nitrogens with two attached hydrogens (primary N) is 1. The van der Waals surface area contributed by atoms with E-state index in [1.807, 2.05) is 24.3 Å². The van der Waals surface area contributed by atoms with Gasteiger partial charge in [0.25, 0.3) is 0 Å². The molecule has 1 heterocycles. The van der Waals surface area contributed by atoms with E-state index in [1.54, 1.807) is 30.3 Å². The number of nitrogens with one attached hydrogen (secondary N) is 1. The predicted octanol–water partition coefficient (Wildman–Crippen LogP) is 3.59. The first-order valence-corrected chi connectivity index (χ1v) is 11.6. The summed E-state index contributed by atoms with van der Waals surface area (Å²) in [5.41, 5.74) is 5.90. The fourth-order valence-electron chi connectivity index (χ4n) is 4.99. The van der Waals surface area contributed by atoms with Crippen LogP contribution >= 0.6 is 0 Å². The second-order valence-electron chi connectivity index (χ2n) is 8.07. The highest BCUT2D eigenvalue weighted by Gasteiger charge is 2.43. The largest absolute Gasteiger partial charge is 0.465 e. The van der Waals surface area contributed by atoms with E-state index in [0.29, 0.717) is 5.56 Å². The first kappa shape index (κ1) is 19.8. The number of ether oxygens (including phenoxy) is 1. The van der Waals surface area contributed by atoms with Crippen LogP contribution in [0, 0.1) is 5.92 Å². The lowest BCUT2D eigenvalue weighted by Crippen LogP contribution is -2.30. The Labute approximate surface area is 181 Å². The van der Waals surface area contributed by atoms with Gasteiger partial charge in [-0.05, 0) is 64.9 Å². The molecule has 0 spiro atoms. The van der Waals surface area contributed by atoms with Crippen LogP contribution in [0.15, 0.2) is 71.6 Å². The van der Waals surface area contributed by atoms with Crippen LogP contribution in [0.5, 0.6) is 0 Å². The first-order valence-electron chi connectivity index (χ1n) is 10.1. The van der Waals surface area contributed by atoms with Gasteiger partial charge in [0.1, 0.15) is 0 Å². The van der Waals surface area contributed by atoms with Gasteiger partial charge in [0.05, 0.1) is 23.6 Å². The van der Waals surface area contributed by atoms with Crippen LogP contribution < -0.4 is 10.5 Å². The van der Waals surface area contributed by atoms with Gasteiger partial charge in [-0.25, -0.2) is 18.4 Å². The number of carbonyl (C=O) groups excluding carboxylic acids is 1. The van der Waals surface area contributed by atoms with Gasteiger partial charge in [-0.2, -0.15) is 0 Å². The second kappa shape index (κ2) is 7.21. The number of esters is 1. The highest BCUT2D eigenvalue weighted by molar-refractivity contribution is 7.89. The summed E-state index contributed by atoms with van der Waals surface area (Å²) in [6.07, 6.45) is 0.871. The average Bonchev–Trinajstić information content (AvgIpc) is 3.17. The summed E-state index contributed by atoms with van der Waals surface area (Å²) in [4.78, 5) is 11.9. The molecule has 0 saturated heterocycles. The third-order valence-corrected chi connectivity index (χ3v) is 7.30. The number of primary sulfonamides is 1. The summed E-state index contributed by atoms with van der Waals surface area (Å²) in [6, 6.07) is 20.8. The number of hydrogen-bond acceptors (Lipinski definition) is 5. The minimum Gasteiger partial charge on any atom is -0.465 e. The van der Waals surface area contributed by atoms with Crippen molar-refractivity contribution in [3.63, 3.8) is 0 Å². The molecule has 3 N–H and O–H groups in total. The van der Waals surface area contributed by atoms with Crippen LogP contribution in [-0.2, 0) is 21.2 Å². The normalized spacial score (nSPS) is 21.4. The molecule has 0 saturated carbocycles. The first-order chi connectivity index (χ1) is 14.9. The van der Waals surface area contributed by atoms with Crippen LogP contribution in [0.1, 0.15) is 44.6 Å². The van der Waals surface area contributed by atoms with Crippen LogP contribution in [0.2, 0.25) is 0 Å². The zero-order valence-electron chi connectivity index (χ0n) is 16.9. The topological polar surface area (TPSA) is 98.5 Å². The van der Waals surface area contributed by atoms with E-state index >= 15 is 0 Å². The Bertz CT molecular complexity index is 1290. The maximum absolute atomic E-state index is 12.0. The van der Waals surface area contributed by atoms with Crippen LogP contribution in [0.3, 0.4) is 0 Å². The second-order valence-corrected chi connectivity index (χ2v) is 9.64. The zero-order valence-corrected chi connectivity index (χ0v) is 17.7.